The van der Waals surface area contributed by atoms with Crippen molar-refractivity contribution in [1.82, 2.24) is 20.4 Å². The highest BCUT2D eigenvalue weighted by Gasteiger charge is 2.30. The first-order valence-electron chi connectivity index (χ1n) is 9.93. The summed E-state index contributed by atoms with van der Waals surface area (Å²) in [5.74, 6) is -1.03. The molecular weight excluding hydrogens is 421 g/mol. The number of hydrogen-bond acceptors (Lipinski definition) is 3. The third kappa shape index (κ3) is 6.19. The maximum Gasteiger partial charge on any atom is 0.416 e. The molecule has 0 bridgehead atoms. The van der Waals surface area contributed by atoms with Crippen LogP contribution >= 0.6 is 0 Å². The first-order chi connectivity index (χ1) is 15.1. The minimum absolute atomic E-state index is 0.0441. The highest BCUT2D eigenvalue weighted by atomic mass is 19.4. The molecule has 0 atom stereocenters. The van der Waals surface area contributed by atoms with Crippen LogP contribution in [0.1, 0.15) is 38.4 Å². The fourth-order valence-electron chi connectivity index (χ4n) is 3.18. The van der Waals surface area contributed by atoms with Gasteiger partial charge in [0.15, 0.2) is 0 Å². The Morgan fingerprint density at radius 1 is 0.969 bits per heavy atom. The summed E-state index contributed by atoms with van der Waals surface area (Å²) < 4.78 is 39.7. The lowest BCUT2D eigenvalue weighted by molar-refractivity contribution is -0.137. The van der Waals surface area contributed by atoms with Crippen LogP contribution in [-0.2, 0) is 24.1 Å². The summed E-state index contributed by atoms with van der Waals surface area (Å²) in [5.41, 5.74) is 3.15. The van der Waals surface area contributed by atoms with Crippen LogP contribution in [0.25, 0.3) is 0 Å². The summed E-state index contributed by atoms with van der Waals surface area (Å²) in [6.45, 7) is 4.53. The van der Waals surface area contributed by atoms with Crippen molar-refractivity contribution in [2.24, 2.45) is 0 Å². The molecule has 9 heteroatoms. The van der Waals surface area contributed by atoms with Crippen LogP contribution in [0.15, 0.2) is 54.6 Å². The number of carbonyl (C=O) groups excluding carboxylic acids is 2. The van der Waals surface area contributed by atoms with Crippen molar-refractivity contribution in [2.75, 3.05) is 6.54 Å². The van der Waals surface area contributed by atoms with E-state index < -0.39 is 23.6 Å². The van der Waals surface area contributed by atoms with Crippen molar-refractivity contribution in [1.29, 1.82) is 0 Å². The van der Waals surface area contributed by atoms with Gasteiger partial charge in [-0.1, -0.05) is 24.3 Å². The molecule has 32 heavy (non-hydrogen) atoms. The lowest BCUT2D eigenvalue weighted by atomic mass is 10.1. The molecule has 6 nitrogen and oxygen atoms in total. The number of halogens is 3. The predicted octanol–water partition coefficient (Wildman–Crippen LogP) is 3.61. The number of benzene rings is 2. The van der Waals surface area contributed by atoms with Crippen molar-refractivity contribution >= 4 is 11.8 Å². The number of nitrogens with one attached hydrogen (secondary N) is 2. The van der Waals surface area contributed by atoms with Crippen LogP contribution in [-0.4, -0.2) is 28.1 Å². The van der Waals surface area contributed by atoms with Gasteiger partial charge in [0, 0.05) is 17.8 Å². The Balaban J connectivity index is 1.48. The predicted molar refractivity (Wildman–Crippen MR) is 113 cm³/mol. The summed E-state index contributed by atoms with van der Waals surface area (Å²) >= 11 is 0. The average molecular weight is 444 g/mol. The number of hydrogen-bond donors (Lipinski definition) is 2. The highest BCUT2D eigenvalue weighted by molar-refractivity contribution is 5.96. The Morgan fingerprint density at radius 3 is 2.28 bits per heavy atom. The quantitative estimate of drug-likeness (QED) is 0.585. The van der Waals surface area contributed by atoms with E-state index in [2.05, 4.69) is 15.7 Å². The molecule has 0 saturated carbocycles. The third-order valence-corrected chi connectivity index (χ3v) is 4.80. The zero-order valence-corrected chi connectivity index (χ0v) is 17.7. The first kappa shape index (κ1) is 23.1. The van der Waals surface area contributed by atoms with Gasteiger partial charge in [0.1, 0.15) is 0 Å². The van der Waals surface area contributed by atoms with Gasteiger partial charge in [-0.05, 0) is 55.3 Å². The van der Waals surface area contributed by atoms with Crippen molar-refractivity contribution in [3.63, 3.8) is 0 Å². The molecule has 1 heterocycles. The fourth-order valence-corrected chi connectivity index (χ4v) is 3.18. The Kier molecular flexibility index (Phi) is 6.97. The monoisotopic (exact) mass is 444 g/mol. The van der Waals surface area contributed by atoms with Crippen LogP contribution in [0.3, 0.4) is 0 Å². The van der Waals surface area contributed by atoms with Gasteiger partial charge >= 0.3 is 6.18 Å². The van der Waals surface area contributed by atoms with Gasteiger partial charge in [0.25, 0.3) is 5.91 Å². The maximum absolute atomic E-state index is 12.6. The van der Waals surface area contributed by atoms with Gasteiger partial charge in [-0.15, -0.1) is 0 Å². The molecule has 0 radical (unpaired) electrons. The van der Waals surface area contributed by atoms with E-state index >= 15 is 0 Å². The van der Waals surface area contributed by atoms with Gasteiger partial charge in [-0.3, -0.25) is 14.3 Å². The number of alkyl halides is 3. The third-order valence-electron chi connectivity index (χ3n) is 4.80. The van der Waals surface area contributed by atoms with Crippen LogP contribution in [0, 0.1) is 13.8 Å². The molecule has 2 amide bonds. The van der Waals surface area contributed by atoms with Crippen LogP contribution in [0.2, 0.25) is 0 Å². The van der Waals surface area contributed by atoms with Crippen molar-refractivity contribution in [2.45, 2.75) is 33.1 Å². The molecule has 3 rings (SSSR count). The molecular formula is C23H23F3N4O2. The summed E-state index contributed by atoms with van der Waals surface area (Å²) in [7, 11) is 0. The number of aromatic nitrogens is 2. The van der Waals surface area contributed by atoms with Gasteiger partial charge in [-0.25, -0.2) is 0 Å². The van der Waals surface area contributed by atoms with Gasteiger partial charge in [0.05, 0.1) is 24.3 Å². The largest absolute Gasteiger partial charge is 0.416 e. The second-order valence-corrected chi connectivity index (χ2v) is 7.44. The molecule has 168 valence electrons. The molecule has 0 fully saturated rings. The van der Waals surface area contributed by atoms with E-state index in [1.807, 2.05) is 48.9 Å². The maximum atomic E-state index is 12.6. The molecule has 0 aliphatic rings. The Bertz CT molecular complexity index is 1110. The molecule has 0 saturated heterocycles. The van der Waals surface area contributed by atoms with E-state index in [0.717, 1.165) is 46.8 Å². The first-order valence-corrected chi connectivity index (χ1v) is 9.93. The normalized spacial score (nSPS) is 11.3. The van der Waals surface area contributed by atoms with Crippen molar-refractivity contribution in [3.05, 3.63) is 88.2 Å². The second kappa shape index (κ2) is 9.67. The number of amides is 2. The number of nitrogens with zero attached hydrogens (tertiary/aromatic N) is 2. The lowest BCUT2D eigenvalue weighted by Gasteiger charge is -2.10. The highest BCUT2D eigenvalue weighted by Crippen LogP contribution is 2.29. The summed E-state index contributed by atoms with van der Waals surface area (Å²) in [5, 5.41) is 9.56. The zero-order chi connectivity index (χ0) is 23.3. The summed E-state index contributed by atoms with van der Waals surface area (Å²) in [6.07, 6.45) is -4.47. The minimum atomic E-state index is -4.47. The number of carbonyl (C=O) groups is 2. The zero-order valence-electron chi connectivity index (χ0n) is 17.7. The topological polar surface area (TPSA) is 76.0 Å². The molecule has 0 aliphatic heterocycles. The molecule has 3 aromatic rings. The lowest BCUT2D eigenvalue weighted by Crippen LogP contribution is -2.36. The van der Waals surface area contributed by atoms with Gasteiger partial charge in [0.2, 0.25) is 5.91 Å². The summed E-state index contributed by atoms with van der Waals surface area (Å²) in [4.78, 5) is 24.1. The van der Waals surface area contributed by atoms with Crippen LogP contribution < -0.4 is 10.6 Å². The Hall–Kier alpha value is -3.62. The second-order valence-electron chi connectivity index (χ2n) is 7.44. The van der Waals surface area contributed by atoms with Crippen molar-refractivity contribution in [3.8, 4) is 0 Å². The molecule has 0 aliphatic carbocycles. The van der Waals surface area contributed by atoms with Gasteiger partial charge in [-0.2, -0.15) is 18.3 Å². The number of rotatable bonds is 7. The molecule has 0 unspecified atom stereocenters. The summed E-state index contributed by atoms with van der Waals surface area (Å²) in [6, 6.07) is 13.5. The standard InChI is InChI=1S/C23H23F3N4O2/c1-15-10-16(2)30(29-15)14-18-5-3-4-17(11-18)12-27-21(31)13-28-22(32)19-6-8-20(9-7-19)23(24,25)26/h3-11H,12-14H2,1-2H3,(H,27,31)(H,28,32). The minimum Gasteiger partial charge on any atom is -0.350 e. The molecule has 0 spiro atoms. The van der Waals surface area contributed by atoms with Crippen molar-refractivity contribution < 1.29 is 22.8 Å². The molecule has 2 N–H and O–H groups in total. The molecule has 1 aromatic heterocycles. The fraction of sp³-hybridized carbons (Fsp3) is 0.261. The Morgan fingerprint density at radius 2 is 1.66 bits per heavy atom. The van der Waals surface area contributed by atoms with E-state index in [4.69, 9.17) is 0 Å². The Labute approximate surface area is 183 Å². The van der Waals surface area contributed by atoms with E-state index in [9.17, 15) is 22.8 Å². The molecule has 2 aromatic carbocycles. The average Bonchev–Trinajstić information content (AvgIpc) is 3.06. The van der Waals surface area contributed by atoms with Crippen LogP contribution in [0.5, 0.6) is 0 Å². The SMILES string of the molecule is Cc1cc(C)n(Cc2cccc(CNC(=O)CNC(=O)c3ccc(C(F)(F)F)cc3)c2)n1. The van der Waals surface area contributed by atoms with E-state index in [0.29, 0.717) is 6.54 Å². The van der Waals surface area contributed by atoms with E-state index in [1.165, 1.54) is 0 Å². The van der Waals surface area contributed by atoms with Crippen LogP contribution in [0.4, 0.5) is 13.2 Å². The number of aryl methyl sites for hydroxylation is 2. The van der Waals surface area contributed by atoms with Gasteiger partial charge < -0.3 is 10.6 Å². The van der Waals surface area contributed by atoms with E-state index in [-0.39, 0.29) is 18.7 Å². The smallest absolute Gasteiger partial charge is 0.350 e. The van der Waals surface area contributed by atoms with E-state index in [1.54, 1.807) is 0 Å².